The molecule has 0 saturated heterocycles. The summed E-state index contributed by atoms with van der Waals surface area (Å²) in [5.74, 6) is -0.866. The number of halogens is 2. The van der Waals surface area contributed by atoms with Crippen LogP contribution < -0.4 is 5.32 Å². The van der Waals surface area contributed by atoms with E-state index in [0.717, 1.165) is 11.3 Å². The zero-order chi connectivity index (χ0) is 16.4. The third-order valence-corrected chi connectivity index (χ3v) is 3.92. The van der Waals surface area contributed by atoms with Gasteiger partial charge in [0.2, 0.25) is 0 Å². The Balaban J connectivity index is 1.84. The van der Waals surface area contributed by atoms with Crippen LogP contribution in [-0.2, 0) is 0 Å². The van der Waals surface area contributed by atoms with Gasteiger partial charge in [-0.1, -0.05) is 0 Å². The maximum absolute atomic E-state index is 13.3. The third-order valence-electron chi connectivity index (χ3n) is 3.22. The van der Waals surface area contributed by atoms with E-state index in [4.69, 9.17) is 0 Å². The molecule has 0 unspecified atom stereocenters. The molecule has 1 amide bonds. The summed E-state index contributed by atoms with van der Waals surface area (Å²) in [6, 6.07) is 9.28. The van der Waals surface area contributed by atoms with E-state index in [-0.39, 0.29) is 5.56 Å². The first-order chi connectivity index (χ1) is 11.0. The number of anilines is 1. The number of rotatable bonds is 3. The van der Waals surface area contributed by atoms with E-state index >= 15 is 0 Å². The molecular formula is C15H11BrFN5O. The van der Waals surface area contributed by atoms with Gasteiger partial charge in [-0.2, -0.15) is 0 Å². The van der Waals surface area contributed by atoms with Crippen molar-refractivity contribution in [3.63, 3.8) is 0 Å². The van der Waals surface area contributed by atoms with Crippen LogP contribution in [-0.4, -0.2) is 26.1 Å². The largest absolute Gasteiger partial charge is 0.322 e. The molecule has 0 radical (unpaired) electrons. The number of nitrogens with one attached hydrogen (secondary N) is 1. The van der Waals surface area contributed by atoms with Gasteiger partial charge in [-0.05, 0) is 75.2 Å². The van der Waals surface area contributed by atoms with E-state index in [0.29, 0.717) is 10.2 Å². The first kappa shape index (κ1) is 15.3. The number of aryl methyl sites for hydroxylation is 1. The normalized spacial score (nSPS) is 10.6. The topological polar surface area (TPSA) is 72.7 Å². The fourth-order valence-electron chi connectivity index (χ4n) is 2.13. The molecule has 0 spiro atoms. The molecule has 0 aliphatic heterocycles. The van der Waals surface area contributed by atoms with Crippen molar-refractivity contribution in [3.05, 3.63) is 64.1 Å². The first-order valence-corrected chi connectivity index (χ1v) is 7.44. The average Bonchev–Trinajstić information content (AvgIpc) is 3.04. The molecule has 1 N–H and O–H groups in total. The maximum Gasteiger partial charge on any atom is 0.256 e. The molecule has 1 heterocycles. The molecule has 0 atom stereocenters. The molecule has 0 saturated carbocycles. The van der Waals surface area contributed by atoms with Crippen molar-refractivity contribution in [1.82, 2.24) is 20.2 Å². The average molecular weight is 376 g/mol. The quantitative estimate of drug-likeness (QED) is 0.763. The lowest BCUT2D eigenvalue weighted by molar-refractivity contribution is 0.102. The van der Waals surface area contributed by atoms with Crippen LogP contribution >= 0.6 is 15.9 Å². The van der Waals surface area contributed by atoms with Gasteiger partial charge >= 0.3 is 0 Å². The van der Waals surface area contributed by atoms with Crippen LogP contribution in [0, 0.1) is 12.7 Å². The molecule has 3 aromatic rings. The Morgan fingerprint density at radius 3 is 2.78 bits per heavy atom. The van der Waals surface area contributed by atoms with E-state index < -0.39 is 11.7 Å². The van der Waals surface area contributed by atoms with Crippen LogP contribution in [0.25, 0.3) is 5.69 Å². The number of hydrogen-bond donors (Lipinski definition) is 1. The number of nitrogens with zero attached hydrogens (tertiary/aromatic N) is 4. The van der Waals surface area contributed by atoms with Crippen LogP contribution in [0.15, 0.2) is 47.2 Å². The number of tetrazole rings is 1. The lowest BCUT2D eigenvalue weighted by atomic mass is 10.1. The van der Waals surface area contributed by atoms with Gasteiger partial charge in [-0.15, -0.1) is 5.10 Å². The van der Waals surface area contributed by atoms with E-state index in [9.17, 15) is 9.18 Å². The fraction of sp³-hybridized carbons (Fsp3) is 0.0667. The number of benzene rings is 2. The number of carbonyl (C=O) groups is 1. The van der Waals surface area contributed by atoms with Crippen molar-refractivity contribution in [2.45, 2.75) is 6.92 Å². The number of hydrogen-bond acceptors (Lipinski definition) is 4. The molecule has 2 aromatic carbocycles. The Kier molecular flexibility index (Phi) is 4.16. The number of aromatic nitrogens is 4. The second kappa shape index (κ2) is 6.25. The highest BCUT2D eigenvalue weighted by Gasteiger charge is 2.12. The molecule has 8 heteroatoms. The minimum Gasteiger partial charge on any atom is -0.322 e. The van der Waals surface area contributed by atoms with Gasteiger partial charge < -0.3 is 5.32 Å². The summed E-state index contributed by atoms with van der Waals surface area (Å²) in [6.07, 6.45) is 1.49. The van der Waals surface area contributed by atoms with Gasteiger partial charge in [-0.3, -0.25) is 4.79 Å². The predicted molar refractivity (Wildman–Crippen MR) is 85.9 cm³/mol. The van der Waals surface area contributed by atoms with Crippen molar-refractivity contribution in [2.24, 2.45) is 0 Å². The van der Waals surface area contributed by atoms with Crippen molar-refractivity contribution in [2.75, 3.05) is 5.32 Å². The lowest BCUT2D eigenvalue weighted by Gasteiger charge is -2.10. The van der Waals surface area contributed by atoms with Crippen LogP contribution in [0.2, 0.25) is 0 Å². The highest BCUT2D eigenvalue weighted by molar-refractivity contribution is 9.10. The van der Waals surface area contributed by atoms with Crippen LogP contribution in [0.3, 0.4) is 0 Å². The standard InChI is InChI=1S/C15H11BrFN5O/c1-9-6-11(3-5-14(9)22-8-18-20-21-22)19-15(23)12-7-10(17)2-4-13(12)16/h2-8H,1H3,(H,19,23). The Hall–Kier alpha value is -2.61. The lowest BCUT2D eigenvalue weighted by Crippen LogP contribution is -2.13. The summed E-state index contributed by atoms with van der Waals surface area (Å²) >= 11 is 3.24. The van der Waals surface area contributed by atoms with Gasteiger partial charge in [0.05, 0.1) is 11.3 Å². The predicted octanol–water partition coefficient (Wildman–Crippen LogP) is 3.12. The molecule has 116 valence electrons. The molecule has 0 fully saturated rings. The Labute approximate surface area is 139 Å². The van der Waals surface area contributed by atoms with Crippen molar-refractivity contribution >= 4 is 27.5 Å². The van der Waals surface area contributed by atoms with Crippen molar-refractivity contribution < 1.29 is 9.18 Å². The zero-order valence-corrected chi connectivity index (χ0v) is 13.6. The summed E-state index contributed by atoms with van der Waals surface area (Å²) in [4.78, 5) is 12.3. The monoisotopic (exact) mass is 375 g/mol. The van der Waals surface area contributed by atoms with E-state index in [2.05, 4.69) is 36.8 Å². The fourth-order valence-corrected chi connectivity index (χ4v) is 2.56. The SMILES string of the molecule is Cc1cc(NC(=O)c2cc(F)ccc2Br)ccc1-n1cnnn1. The van der Waals surface area contributed by atoms with Crippen molar-refractivity contribution in [3.8, 4) is 5.69 Å². The molecule has 0 aliphatic rings. The molecule has 3 rings (SSSR count). The maximum atomic E-state index is 13.3. The zero-order valence-electron chi connectivity index (χ0n) is 12.0. The van der Waals surface area contributed by atoms with Gasteiger partial charge in [0, 0.05) is 10.2 Å². The Morgan fingerprint density at radius 2 is 2.09 bits per heavy atom. The Morgan fingerprint density at radius 1 is 1.26 bits per heavy atom. The van der Waals surface area contributed by atoms with Gasteiger partial charge in [0.1, 0.15) is 12.1 Å². The molecular weight excluding hydrogens is 365 g/mol. The third kappa shape index (κ3) is 3.26. The highest BCUT2D eigenvalue weighted by Crippen LogP contribution is 2.21. The summed E-state index contributed by atoms with van der Waals surface area (Å²) in [6.45, 7) is 1.88. The molecule has 0 aliphatic carbocycles. The minimum atomic E-state index is -0.469. The Bertz CT molecular complexity index is 866. The number of amides is 1. The summed E-state index contributed by atoms with van der Waals surface area (Å²) < 4.78 is 15.4. The molecule has 0 bridgehead atoms. The van der Waals surface area contributed by atoms with E-state index in [1.807, 2.05) is 6.92 Å². The molecule has 6 nitrogen and oxygen atoms in total. The summed E-state index contributed by atoms with van der Waals surface area (Å²) in [5.41, 5.74) is 2.51. The molecule has 23 heavy (non-hydrogen) atoms. The van der Waals surface area contributed by atoms with E-state index in [1.165, 1.54) is 29.2 Å². The second-order valence-electron chi connectivity index (χ2n) is 4.83. The second-order valence-corrected chi connectivity index (χ2v) is 5.69. The van der Waals surface area contributed by atoms with Crippen molar-refractivity contribution in [1.29, 1.82) is 0 Å². The van der Waals surface area contributed by atoms with Crippen LogP contribution in [0.1, 0.15) is 15.9 Å². The van der Waals surface area contributed by atoms with Gasteiger partial charge in [-0.25, -0.2) is 9.07 Å². The number of carbonyl (C=O) groups excluding carboxylic acids is 1. The smallest absolute Gasteiger partial charge is 0.256 e. The first-order valence-electron chi connectivity index (χ1n) is 6.65. The summed E-state index contributed by atoms with van der Waals surface area (Å²) in [5, 5.41) is 13.8. The molecule has 1 aromatic heterocycles. The highest BCUT2D eigenvalue weighted by atomic mass is 79.9. The summed E-state index contributed by atoms with van der Waals surface area (Å²) in [7, 11) is 0. The minimum absolute atomic E-state index is 0.229. The van der Waals surface area contributed by atoms with Gasteiger partial charge in [0.25, 0.3) is 5.91 Å². The van der Waals surface area contributed by atoms with Crippen LogP contribution in [0.5, 0.6) is 0 Å². The van der Waals surface area contributed by atoms with E-state index in [1.54, 1.807) is 18.2 Å². The van der Waals surface area contributed by atoms with Gasteiger partial charge in [0.15, 0.2) is 0 Å². The van der Waals surface area contributed by atoms with Crippen LogP contribution in [0.4, 0.5) is 10.1 Å².